The van der Waals surface area contributed by atoms with E-state index in [1.165, 1.54) is 0 Å². The van der Waals surface area contributed by atoms with E-state index in [2.05, 4.69) is 21.8 Å². The van der Waals surface area contributed by atoms with E-state index in [9.17, 15) is 0 Å². The molecule has 106 valence electrons. The van der Waals surface area contributed by atoms with Gasteiger partial charge in [0.25, 0.3) is 0 Å². The molecule has 2 heterocycles. The molecule has 1 fully saturated rings. The quantitative estimate of drug-likeness (QED) is 0.881. The highest BCUT2D eigenvalue weighted by Crippen LogP contribution is 2.29. The molecule has 0 saturated carbocycles. The van der Waals surface area contributed by atoms with Crippen molar-refractivity contribution >= 4 is 16.7 Å². The number of para-hydroxylation sites is 1. The number of anilines is 1. The fraction of sp³-hybridized carbons (Fsp3) is 0.467. The van der Waals surface area contributed by atoms with E-state index in [1.54, 1.807) is 0 Å². The van der Waals surface area contributed by atoms with Gasteiger partial charge in [0.2, 0.25) is 0 Å². The Morgan fingerprint density at radius 3 is 2.85 bits per heavy atom. The average molecular weight is 271 g/mol. The molecule has 1 aromatic heterocycles. The number of hydrogen-bond acceptors (Lipinski definition) is 5. The van der Waals surface area contributed by atoms with E-state index in [-0.39, 0.29) is 5.41 Å². The molecule has 1 aliphatic rings. The lowest BCUT2D eigenvalue weighted by Crippen LogP contribution is -2.31. The molecule has 0 radical (unpaired) electrons. The van der Waals surface area contributed by atoms with Gasteiger partial charge in [0.1, 0.15) is 11.6 Å². The van der Waals surface area contributed by atoms with Crippen molar-refractivity contribution < 1.29 is 0 Å². The number of likely N-dealkylation sites (tertiary alicyclic amines) is 1. The molecule has 4 N–H and O–H groups in total. The van der Waals surface area contributed by atoms with Crippen molar-refractivity contribution in [3.63, 3.8) is 0 Å². The van der Waals surface area contributed by atoms with Crippen molar-refractivity contribution in [3.05, 3.63) is 30.1 Å². The molecule has 5 heteroatoms. The van der Waals surface area contributed by atoms with Gasteiger partial charge in [-0.2, -0.15) is 0 Å². The van der Waals surface area contributed by atoms with Gasteiger partial charge in [-0.3, -0.25) is 4.90 Å². The minimum Gasteiger partial charge on any atom is -0.383 e. The Morgan fingerprint density at radius 2 is 2.10 bits per heavy atom. The number of benzene rings is 1. The summed E-state index contributed by atoms with van der Waals surface area (Å²) >= 11 is 0. The van der Waals surface area contributed by atoms with Crippen molar-refractivity contribution in [2.75, 3.05) is 25.4 Å². The molecule has 0 amide bonds. The van der Waals surface area contributed by atoms with Crippen molar-refractivity contribution in [1.29, 1.82) is 0 Å². The summed E-state index contributed by atoms with van der Waals surface area (Å²) in [6, 6.07) is 7.86. The minimum absolute atomic E-state index is 0.225. The number of aromatic nitrogens is 2. The Labute approximate surface area is 119 Å². The largest absolute Gasteiger partial charge is 0.383 e. The van der Waals surface area contributed by atoms with E-state index in [4.69, 9.17) is 11.5 Å². The van der Waals surface area contributed by atoms with Gasteiger partial charge in [0, 0.05) is 11.9 Å². The van der Waals surface area contributed by atoms with Gasteiger partial charge in [-0.15, -0.1) is 0 Å². The average Bonchev–Trinajstić information content (AvgIpc) is 2.81. The molecule has 20 heavy (non-hydrogen) atoms. The first-order valence-corrected chi connectivity index (χ1v) is 7.03. The van der Waals surface area contributed by atoms with Gasteiger partial charge < -0.3 is 11.5 Å². The molecule has 5 nitrogen and oxygen atoms in total. The first-order valence-electron chi connectivity index (χ1n) is 7.03. The Hall–Kier alpha value is -1.72. The highest BCUT2D eigenvalue weighted by atomic mass is 15.2. The number of hydrogen-bond donors (Lipinski definition) is 2. The fourth-order valence-corrected chi connectivity index (χ4v) is 2.85. The van der Waals surface area contributed by atoms with Crippen molar-refractivity contribution in [2.24, 2.45) is 11.1 Å². The van der Waals surface area contributed by atoms with Crippen LogP contribution in [-0.2, 0) is 6.54 Å². The van der Waals surface area contributed by atoms with Crippen LogP contribution in [0, 0.1) is 5.41 Å². The normalized spacial score (nSPS) is 23.5. The van der Waals surface area contributed by atoms with Crippen LogP contribution in [0.1, 0.15) is 19.2 Å². The molecule has 3 rings (SSSR count). The third-order valence-electron chi connectivity index (χ3n) is 4.17. The molecular formula is C15H21N5. The van der Waals surface area contributed by atoms with Gasteiger partial charge in [0.05, 0.1) is 12.1 Å². The molecule has 0 bridgehead atoms. The van der Waals surface area contributed by atoms with E-state index in [0.717, 1.165) is 49.3 Å². The van der Waals surface area contributed by atoms with Crippen LogP contribution in [-0.4, -0.2) is 34.5 Å². The summed E-state index contributed by atoms with van der Waals surface area (Å²) in [6.07, 6.45) is 1.13. The lowest BCUT2D eigenvalue weighted by Gasteiger charge is -2.22. The maximum atomic E-state index is 6.02. The maximum absolute atomic E-state index is 6.02. The number of nitrogens with two attached hydrogens (primary N) is 2. The van der Waals surface area contributed by atoms with Crippen LogP contribution < -0.4 is 11.5 Å². The zero-order valence-electron chi connectivity index (χ0n) is 11.8. The second kappa shape index (κ2) is 5.00. The Kier molecular flexibility index (Phi) is 3.31. The molecular weight excluding hydrogens is 250 g/mol. The number of rotatable bonds is 3. The number of nitrogen functional groups attached to an aromatic ring is 1. The molecule has 1 aliphatic heterocycles. The van der Waals surface area contributed by atoms with Crippen molar-refractivity contribution in [1.82, 2.24) is 14.9 Å². The Morgan fingerprint density at radius 1 is 1.30 bits per heavy atom. The highest BCUT2D eigenvalue weighted by molar-refractivity contribution is 5.87. The summed E-state index contributed by atoms with van der Waals surface area (Å²) in [6.45, 7) is 5.75. The van der Waals surface area contributed by atoms with Gasteiger partial charge in [-0.25, -0.2) is 9.97 Å². The summed E-state index contributed by atoms with van der Waals surface area (Å²) < 4.78 is 0. The van der Waals surface area contributed by atoms with Gasteiger partial charge in [-0.1, -0.05) is 19.1 Å². The van der Waals surface area contributed by atoms with Crippen LogP contribution in [0.3, 0.4) is 0 Å². The smallest absolute Gasteiger partial charge is 0.145 e. The van der Waals surface area contributed by atoms with Crippen LogP contribution >= 0.6 is 0 Å². The van der Waals surface area contributed by atoms with Crippen LogP contribution in [0.4, 0.5) is 5.82 Å². The predicted molar refractivity (Wildman–Crippen MR) is 81.0 cm³/mol. The van der Waals surface area contributed by atoms with Crippen LogP contribution in [0.2, 0.25) is 0 Å². The van der Waals surface area contributed by atoms with E-state index in [1.807, 2.05) is 24.3 Å². The van der Waals surface area contributed by atoms with Crippen molar-refractivity contribution in [2.45, 2.75) is 19.9 Å². The predicted octanol–water partition coefficient (Wildman–Crippen LogP) is 1.38. The summed E-state index contributed by atoms with van der Waals surface area (Å²) in [5, 5.41) is 0.921. The molecule has 1 unspecified atom stereocenters. The summed E-state index contributed by atoms with van der Waals surface area (Å²) in [5.41, 5.74) is 13.0. The monoisotopic (exact) mass is 271 g/mol. The van der Waals surface area contributed by atoms with E-state index in [0.29, 0.717) is 5.82 Å². The van der Waals surface area contributed by atoms with Gasteiger partial charge >= 0.3 is 0 Å². The van der Waals surface area contributed by atoms with Crippen LogP contribution in [0.5, 0.6) is 0 Å². The molecule has 1 atom stereocenters. The number of nitrogens with zero attached hydrogens (tertiary/aromatic N) is 3. The Balaban J connectivity index is 1.82. The molecule has 0 aliphatic carbocycles. The second-order valence-corrected chi connectivity index (χ2v) is 6.02. The standard InChI is InChI=1S/C15H21N5/c1-15(9-16)6-7-20(10-15)8-13-18-12-5-3-2-4-11(12)14(17)19-13/h2-5H,6-10,16H2,1H3,(H2,17,18,19). The number of fused-ring (bicyclic) bond motifs is 1. The van der Waals surface area contributed by atoms with Gasteiger partial charge in [0.15, 0.2) is 0 Å². The first-order chi connectivity index (χ1) is 9.59. The molecule has 2 aromatic rings. The van der Waals surface area contributed by atoms with Crippen LogP contribution in [0.25, 0.3) is 10.9 Å². The fourth-order valence-electron chi connectivity index (χ4n) is 2.85. The lowest BCUT2D eigenvalue weighted by atomic mass is 9.90. The zero-order chi connectivity index (χ0) is 14.2. The first kappa shape index (κ1) is 13.3. The topological polar surface area (TPSA) is 81.1 Å². The summed E-state index contributed by atoms with van der Waals surface area (Å²) in [4.78, 5) is 11.4. The molecule has 1 aromatic carbocycles. The summed E-state index contributed by atoms with van der Waals surface area (Å²) in [7, 11) is 0. The lowest BCUT2D eigenvalue weighted by molar-refractivity contribution is 0.269. The zero-order valence-corrected chi connectivity index (χ0v) is 11.8. The third kappa shape index (κ3) is 2.46. The van der Waals surface area contributed by atoms with Crippen molar-refractivity contribution in [3.8, 4) is 0 Å². The highest BCUT2D eigenvalue weighted by Gasteiger charge is 2.32. The van der Waals surface area contributed by atoms with E-state index >= 15 is 0 Å². The SMILES string of the molecule is CC1(CN)CCN(Cc2nc(N)c3ccccc3n2)C1. The molecule has 1 saturated heterocycles. The van der Waals surface area contributed by atoms with E-state index < -0.39 is 0 Å². The molecule has 0 spiro atoms. The third-order valence-corrected chi connectivity index (χ3v) is 4.17. The van der Waals surface area contributed by atoms with Crippen LogP contribution in [0.15, 0.2) is 24.3 Å². The maximum Gasteiger partial charge on any atom is 0.145 e. The summed E-state index contributed by atoms with van der Waals surface area (Å²) in [5.74, 6) is 1.36. The minimum atomic E-state index is 0.225. The second-order valence-electron chi connectivity index (χ2n) is 6.02. The Bertz CT molecular complexity index is 627. The van der Waals surface area contributed by atoms with Gasteiger partial charge in [-0.05, 0) is 37.1 Å².